The van der Waals surface area contributed by atoms with Gasteiger partial charge in [-0.3, -0.25) is 4.98 Å². The van der Waals surface area contributed by atoms with Crippen LogP contribution in [0, 0.1) is 6.92 Å². The molecule has 0 bridgehead atoms. The quantitative estimate of drug-likeness (QED) is 0.831. The summed E-state index contributed by atoms with van der Waals surface area (Å²) in [6.45, 7) is 4.79. The van der Waals surface area contributed by atoms with Crippen molar-refractivity contribution >= 4 is 0 Å². The van der Waals surface area contributed by atoms with Crippen LogP contribution in [0.3, 0.4) is 0 Å². The molecule has 0 amide bonds. The van der Waals surface area contributed by atoms with Crippen molar-refractivity contribution < 1.29 is 0 Å². The fourth-order valence-electron chi connectivity index (χ4n) is 2.33. The highest BCUT2D eigenvalue weighted by molar-refractivity contribution is 5.69. The van der Waals surface area contributed by atoms with E-state index in [1.54, 1.807) is 0 Å². The topological polar surface area (TPSA) is 57.9 Å². The van der Waals surface area contributed by atoms with Gasteiger partial charge in [-0.05, 0) is 37.2 Å². The molecule has 0 radical (unpaired) electrons. The zero-order chi connectivity index (χ0) is 13.7. The Hall–Kier alpha value is -1.65. The summed E-state index contributed by atoms with van der Waals surface area (Å²) >= 11 is 0. The molecular formula is C15H22N4. The van der Waals surface area contributed by atoms with E-state index >= 15 is 0 Å². The summed E-state index contributed by atoms with van der Waals surface area (Å²) in [6, 6.07) is 4.12. The SMILES string of the molecule is Cc1c[nH]c(CCN(C)CCN)c1-c1ccncc1. The first-order valence-electron chi connectivity index (χ1n) is 6.68. The molecule has 2 heterocycles. The van der Waals surface area contributed by atoms with Crippen LogP contribution in [0.15, 0.2) is 30.7 Å². The van der Waals surface area contributed by atoms with Gasteiger partial charge in [0.1, 0.15) is 0 Å². The van der Waals surface area contributed by atoms with E-state index in [4.69, 9.17) is 5.73 Å². The predicted octanol–water partition coefficient (Wildman–Crippen LogP) is 1.82. The molecule has 102 valence electrons. The average molecular weight is 258 g/mol. The second kappa shape index (κ2) is 6.50. The molecule has 0 spiro atoms. The third-order valence-electron chi connectivity index (χ3n) is 3.38. The number of H-pyrrole nitrogens is 1. The van der Waals surface area contributed by atoms with Crippen LogP contribution in [0.2, 0.25) is 0 Å². The summed E-state index contributed by atoms with van der Waals surface area (Å²) in [6.07, 6.45) is 6.76. The Bertz CT molecular complexity index is 504. The molecule has 19 heavy (non-hydrogen) atoms. The van der Waals surface area contributed by atoms with Crippen LogP contribution in [-0.2, 0) is 6.42 Å². The van der Waals surface area contributed by atoms with Crippen LogP contribution in [0.5, 0.6) is 0 Å². The molecule has 0 aliphatic carbocycles. The van der Waals surface area contributed by atoms with E-state index in [1.807, 2.05) is 12.4 Å². The van der Waals surface area contributed by atoms with E-state index in [1.165, 1.54) is 22.4 Å². The summed E-state index contributed by atoms with van der Waals surface area (Å²) in [5.74, 6) is 0. The van der Waals surface area contributed by atoms with Crippen molar-refractivity contribution in [2.24, 2.45) is 5.73 Å². The van der Waals surface area contributed by atoms with Gasteiger partial charge in [0.2, 0.25) is 0 Å². The lowest BCUT2D eigenvalue weighted by molar-refractivity contribution is 0.347. The molecule has 2 aromatic heterocycles. The van der Waals surface area contributed by atoms with Gasteiger partial charge in [-0.2, -0.15) is 0 Å². The molecule has 0 unspecified atom stereocenters. The molecule has 4 nitrogen and oxygen atoms in total. The Labute approximate surface area is 114 Å². The maximum atomic E-state index is 5.57. The zero-order valence-electron chi connectivity index (χ0n) is 11.7. The molecule has 0 aliphatic rings. The first-order chi connectivity index (χ1) is 9.22. The lowest BCUT2D eigenvalue weighted by atomic mass is 10.0. The molecule has 2 aromatic rings. The highest BCUT2D eigenvalue weighted by atomic mass is 15.1. The van der Waals surface area contributed by atoms with Crippen LogP contribution >= 0.6 is 0 Å². The lowest BCUT2D eigenvalue weighted by Crippen LogP contribution is -2.27. The summed E-state index contributed by atoms with van der Waals surface area (Å²) in [7, 11) is 2.11. The number of aromatic amines is 1. The van der Waals surface area contributed by atoms with E-state index in [0.717, 1.165) is 19.5 Å². The second-order valence-corrected chi connectivity index (χ2v) is 4.90. The number of hydrogen-bond acceptors (Lipinski definition) is 3. The van der Waals surface area contributed by atoms with Crippen LogP contribution in [0.4, 0.5) is 0 Å². The van der Waals surface area contributed by atoms with Crippen molar-refractivity contribution in [2.45, 2.75) is 13.3 Å². The largest absolute Gasteiger partial charge is 0.364 e. The summed E-state index contributed by atoms with van der Waals surface area (Å²) < 4.78 is 0. The maximum absolute atomic E-state index is 5.57. The predicted molar refractivity (Wildman–Crippen MR) is 79.0 cm³/mol. The second-order valence-electron chi connectivity index (χ2n) is 4.90. The van der Waals surface area contributed by atoms with Crippen molar-refractivity contribution in [3.05, 3.63) is 42.0 Å². The van der Waals surface area contributed by atoms with Crippen molar-refractivity contribution in [2.75, 3.05) is 26.7 Å². The first kappa shape index (κ1) is 13.8. The number of aryl methyl sites for hydroxylation is 1. The van der Waals surface area contributed by atoms with E-state index < -0.39 is 0 Å². The highest BCUT2D eigenvalue weighted by Gasteiger charge is 2.10. The fraction of sp³-hybridized carbons (Fsp3) is 0.400. The standard InChI is InChI=1S/C15H22N4/c1-12-11-18-14(5-9-19(2)10-6-16)15(12)13-3-7-17-8-4-13/h3-4,7-8,11,18H,5-6,9-10,16H2,1-2H3. The van der Waals surface area contributed by atoms with E-state index in [0.29, 0.717) is 6.54 Å². The van der Waals surface area contributed by atoms with Crippen molar-refractivity contribution in [1.82, 2.24) is 14.9 Å². The monoisotopic (exact) mass is 258 g/mol. The van der Waals surface area contributed by atoms with Crippen molar-refractivity contribution in [3.63, 3.8) is 0 Å². The van der Waals surface area contributed by atoms with E-state index in [-0.39, 0.29) is 0 Å². The van der Waals surface area contributed by atoms with Gasteiger partial charge in [0.05, 0.1) is 0 Å². The molecule has 0 aromatic carbocycles. The van der Waals surface area contributed by atoms with Gasteiger partial charge in [0, 0.05) is 55.9 Å². The number of hydrogen-bond donors (Lipinski definition) is 2. The number of nitrogens with two attached hydrogens (primary N) is 1. The normalized spacial score (nSPS) is 11.2. The van der Waals surface area contributed by atoms with E-state index in [2.05, 4.69) is 47.2 Å². The van der Waals surface area contributed by atoms with Crippen LogP contribution < -0.4 is 5.73 Å². The maximum Gasteiger partial charge on any atom is 0.0273 e. The Morgan fingerprint density at radius 2 is 2.00 bits per heavy atom. The van der Waals surface area contributed by atoms with Gasteiger partial charge in [-0.1, -0.05) is 0 Å². The Kier molecular flexibility index (Phi) is 4.71. The third kappa shape index (κ3) is 3.43. The third-order valence-corrected chi connectivity index (χ3v) is 3.38. The van der Waals surface area contributed by atoms with Gasteiger partial charge in [-0.25, -0.2) is 0 Å². The fourth-order valence-corrected chi connectivity index (χ4v) is 2.33. The molecule has 0 saturated heterocycles. The molecule has 2 rings (SSSR count). The van der Waals surface area contributed by atoms with Gasteiger partial charge >= 0.3 is 0 Å². The minimum atomic E-state index is 0.706. The van der Waals surface area contributed by atoms with Crippen LogP contribution in [0.25, 0.3) is 11.1 Å². The Balaban J connectivity index is 2.14. The number of likely N-dealkylation sites (N-methyl/N-ethyl adjacent to an activating group) is 1. The molecule has 0 fully saturated rings. The van der Waals surface area contributed by atoms with Crippen molar-refractivity contribution in [1.29, 1.82) is 0 Å². The number of aromatic nitrogens is 2. The molecular weight excluding hydrogens is 236 g/mol. The van der Waals surface area contributed by atoms with Gasteiger partial charge in [0.25, 0.3) is 0 Å². The smallest absolute Gasteiger partial charge is 0.0273 e. The summed E-state index contributed by atoms with van der Waals surface area (Å²) in [5, 5.41) is 0. The van der Waals surface area contributed by atoms with Crippen LogP contribution in [-0.4, -0.2) is 41.5 Å². The van der Waals surface area contributed by atoms with Gasteiger partial charge < -0.3 is 15.6 Å². The lowest BCUT2D eigenvalue weighted by Gasteiger charge is -2.15. The summed E-state index contributed by atoms with van der Waals surface area (Å²) in [4.78, 5) is 9.73. The zero-order valence-corrected chi connectivity index (χ0v) is 11.7. The molecule has 3 N–H and O–H groups in total. The number of nitrogens with zero attached hydrogens (tertiary/aromatic N) is 2. The number of pyridine rings is 1. The average Bonchev–Trinajstić information content (AvgIpc) is 2.79. The van der Waals surface area contributed by atoms with Crippen LogP contribution in [0.1, 0.15) is 11.3 Å². The molecule has 0 saturated carbocycles. The minimum absolute atomic E-state index is 0.706. The molecule has 4 heteroatoms. The van der Waals surface area contributed by atoms with Crippen molar-refractivity contribution in [3.8, 4) is 11.1 Å². The Morgan fingerprint density at radius 3 is 2.68 bits per heavy atom. The summed E-state index contributed by atoms with van der Waals surface area (Å²) in [5.41, 5.74) is 10.7. The van der Waals surface area contributed by atoms with Gasteiger partial charge in [-0.15, -0.1) is 0 Å². The van der Waals surface area contributed by atoms with E-state index in [9.17, 15) is 0 Å². The molecule has 0 aliphatic heterocycles. The number of nitrogens with one attached hydrogen (secondary N) is 1. The molecule has 0 atom stereocenters. The number of rotatable bonds is 6. The first-order valence-corrected chi connectivity index (χ1v) is 6.68. The Morgan fingerprint density at radius 1 is 1.26 bits per heavy atom. The minimum Gasteiger partial charge on any atom is -0.364 e. The highest BCUT2D eigenvalue weighted by Crippen LogP contribution is 2.26. The van der Waals surface area contributed by atoms with Gasteiger partial charge in [0.15, 0.2) is 0 Å².